The Bertz CT molecular complexity index is 543. The lowest BCUT2D eigenvalue weighted by atomic mass is 10.2. The Kier molecular flexibility index (Phi) is 4.32. The van der Waals surface area contributed by atoms with E-state index in [2.05, 4.69) is 4.98 Å². The smallest absolute Gasteiger partial charge is 0.410 e. The summed E-state index contributed by atoms with van der Waals surface area (Å²) in [5, 5.41) is 8.71. The van der Waals surface area contributed by atoms with Gasteiger partial charge in [-0.25, -0.2) is 9.78 Å². The average molecular weight is 289 g/mol. The fourth-order valence-corrected chi connectivity index (χ4v) is 2.00. The van der Waals surface area contributed by atoms with E-state index < -0.39 is 5.60 Å². The third kappa shape index (κ3) is 4.35. The Morgan fingerprint density at radius 3 is 2.81 bits per heavy atom. The van der Waals surface area contributed by atoms with Crippen LogP contribution in [0, 0.1) is 11.3 Å². The van der Waals surface area contributed by atoms with Crippen molar-refractivity contribution in [2.75, 3.05) is 13.1 Å². The zero-order chi connectivity index (χ0) is 15.5. The first-order chi connectivity index (χ1) is 9.87. The number of ether oxygens (including phenoxy) is 2. The Labute approximate surface area is 124 Å². The fraction of sp³-hybridized carbons (Fsp3) is 0.533. The zero-order valence-electron chi connectivity index (χ0n) is 12.5. The van der Waals surface area contributed by atoms with Crippen molar-refractivity contribution >= 4 is 6.09 Å². The number of amides is 1. The predicted molar refractivity (Wildman–Crippen MR) is 75.8 cm³/mol. The molecule has 0 N–H and O–H groups in total. The number of carbonyl (C=O) groups is 1. The molecule has 6 nitrogen and oxygen atoms in total. The highest BCUT2D eigenvalue weighted by Gasteiger charge is 2.30. The standard InChI is InChI=1S/C15H19N3O3/c1-15(2,3)21-14(19)18-7-6-12(10-18)20-13-5-4-11(8-16)9-17-13/h4-5,9,12H,6-7,10H2,1-3H3. The largest absolute Gasteiger partial charge is 0.472 e. The van der Waals surface area contributed by atoms with E-state index in [0.29, 0.717) is 24.5 Å². The monoisotopic (exact) mass is 289 g/mol. The van der Waals surface area contributed by atoms with Crippen LogP contribution in [0.1, 0.15) is 32.8 Å². The van der Waals surface area contributed by atoms with E-state index >= 15 is 0 Å². The molecule has 6 heteroatoms. The topological polar surface area (TPSA) is 75.4 Å². The van der Waals surface area contributed by atoms with E-state index in [1.807, 2.05) is 26.8 Å². The minimum absolute atomic E-state index is 0.0991. The molecule has 1 aliphatic rings. The molecule has 1 unspecified atom stereocenters. The molecule has 0 aliphatic carbocycles. The van der Waals surface area contributed by atoms with Gasteiger partial charge in [0.2, 0.25) is 5.88 Å². The first kappa shape index (κ1) is 15.1. The maximum absolute atomic E-state index is 11.9. The minimum atomic E-state index is -0.495. The summed E-state index contributed by atoms with van der Waals surface area (Å²) in [4.78, 5) is 17.6. The summed E-state index contributed by atoms with van der Waals surface area (Å²) in [7, 11) is 0. The van der Waals surface area contributed by atoms with Gasteiger partial charge in [0, 0.05) is 25.2 Å². The average Bonchev–Trinajstić information content (AvgIpc) is 2.86. The van der Waals surface area contributed by atoms with Gasteiger partial charge in [0.15, 0.2) is 0 Å². The quantitative estimate of drug-likeness (QED) is 0.835. The maximum Gasteiger partial charge on any atom is 0.410 e. The van der Waals surface area contributed by atoms with Crippen molar-refractivity contribution in [1.29, 1.82) is 5.26 Å². The molecular formula is C15H19N3O3. The fourth-order valence-electron chi connectivity index (χ4n) is 2.00. The molecule has 1 aromatic rings. The number of hydrogen-bond acceptors (Lipinski definition) is 5. The van der Waals surface area contributed by atoms with E-state index in [4.69, 9.17) is 14.7 Å². The molecule has 112 valence electrons. The minimum Gasteiger partial charge on any atom is -0.472 e. The van der Waals surface area contributed by atoms with Crippen LogP contribution in [0.3, 0.4) is 0 Å². The number of likely N-dealkylation sites (tertiary alicyclic amines) is 1. The summed E-state index contributed by atoms with van der Waals surface area (Å²) < 4.78 is 11.0. The lowest BCUT2D eigenvalue weighted by Crippen LogP contribution is -2.36. The summed E-state index contributed by atoms with van der Waals surface area (Å²) in [5.41, 5.74) is -0.00537. The number of hydrogen-bond donors (Lipinski definition) is 0. The highest BCUT2D eigenvalue weighted by Crippen LogP contribution is 2.19. The van der Waals surface area contributed by atoms with Gasteiger partial charge in [-0.3, -0.25) is 0 Å². The van der Waals surface area contributed by atoms with Crippen molar-refractivity contribution in [2.24, 2.45) is 0 Å². The Morgan fingerprint density at radius 1 is 1.48 bits per heavy atom. The summed E-state index contributed by atoms with van der Waals surface area (Å²) in [6, 6.07) is 5.32. The van der Waals surface area contributed by atoms with Gasteiger partial charge in [-0.1, -0.05) is 0 Å². The molecule has 0 bridgehead atoms. The van der Waals surface area contributed by atoms with Crippen LogP contribution in [0.15, 0.2) is 18.3 Å². The Balaban J connectivity index is 1.87. The molecule has 0 spiro atoms. The lowest BCUT2D eigenvalue weighted by molar-refractivity contribution is 0.0275. The molecule has 2 rings (SSSR count). The van der Waals surface area contributed by atoms with Gasteiger partial charge in [-0.15, -0.1) is 0 Å². The second kappa shape index (κ2) is 6.00. The lowest BCUT2D eigenvalue weighted by Gasteiger charge is -2.24. The third-order valence-electron chi connectivity index (χ3n) is 2.95. The molecule has 1 aliphatic heterocycles. The highest BCUT2D eigenvalue weighted by molar-refractivity contribution is 5.68. The van der Waals surface area contributed by atoms with E-state index in [1.165, 1.54) is 6.20 Å². The molecule has 0 radical (unpaired) electrons. The van der Waals surface area contributed by atoms with Gasteiger partial charge < -0.3 is 14.4 Å². The maximum atomic E-state index is 11.9. The van der Waals surface area contributed by atoms with Crippen LogP contribution in [0.4, 0.5) is 4.79 Å². The summed E-state index contributed by atoms with van der Waals surface area (Å²) in [6.45, 7) is 6.62. The van der Waals surface area contributed by atoms with Gasteiger partial charge in [0.25, 0.3) is 0 Å². The molecule has 1 saturated heterocycles. The van der Waals surface area contributed by atoms with E-state index in [1.54, 1.807) is 17.0 Å². The van der Waals surface area contributed by atoms with E-state index in [-0.39, 0.29) is 12.2 Å². The number of aromatic nitrogens is 1. The van der Waals surface area contributed by atoms with Gasteiger partial charge in [-0.05, 0) is 26.8 Å². The van der Waals surface area contributed by atoms with E-state index in [0.717, 1.165) is 6.42 Å². The number of rotatable bonds is 2. The number of pyridine rings is 1. The second-order valence-corrected chi connectivity index (χ2v) is 5.95. The van der Waals surface area contributed by atoms with Crippen LogP contribution in [-0.2, 0) is 4.74 Å². The first-order valence-electron chi connectivity index (χ1n) is 6.88. The number of nitriles is 1. The molecule has 1 aromatic heterocycles. The summed E-state index contributed by atoms with van der Waals surface area (Å²) in [6.07, 6.45) is 1.79. The molecule has 1 atom stereocenters. The highest BCUT2D eigenvalue weighted by atomic mass is 16.6. The predicted octanol–water partition coefficient (Wildman–Crippen LogP) is 2.34. The van der Waals surface area contributed by atoms with Crippen LogP contribution in [0.5, 0.6) is 5.88 Å². The Morgan fingerprint density at radius 2 is 2.24 bits per heavy atom. The van der Waals surface area contributed by atoms with Gasteiger partial charge in [0.1, 0.15) is 17.8 Å². The summed E-state index contributed by atoms with van der Waals surface area (Å²) in [5.74, 6) is 0.463. The molecule has 1 fully saturated rings. The molecule has 0 saturated carbocycles. The van der Waals surface area contributed by atoms with Crippen molar-refractivity contribution in [2.45, 2.75) is 38.9 Å². The van der Waals surface area contributed by atoms with Crippen molar-refractivity contribution in [3.8, 4) is 11.9 Å². The zero-order valence-corrected chi connectivity index (χ0v) is 12.5. The number of nitrogens with zero attached hydrogens (tertiary/aromatic N) is 3. The van der Waals surface area contributed by atoms with Crippen molar-refractivity contribution in [3.63, 3.8) is 0 Å². The van der Waals surface area contributed by atoms with Crippen LogP contribution >= 0.6 is 0 Å². The number of carbonyl (C=O) groups excluding carboxylic acids is 1. The van der Waals surface area contributed by atoms with Crippen LogP contribution in [0.2, 0.25) is 0 Å². The summed E-state index contributed by atoms with van der Waals surface area (Å²) >= 11 is 0. The molecular weight excluding hydrogens is 270 g/mol. The SMILES string of the molecule is CC(C)(C)OC(=O)N1CCC(Oc2ccc(C#N)cn2)C1. The molecule has 2 heterocycles. The first-order valence-corrected chi connectivity index (χ1v) is 6.88. The van der Waals surface area contributed by atoms with Crippen LogP contribution in [0.25, 0.3) is 0 Å². The molecule has 21 heavy (non-hydrogen) atoms. The van der Waals surface area contributed by atoms with Crippen molar-refractivity contribution in [3.05, 3.63) is 23.9 Å². The third-order valence-corrected chi connectivity index (χ3v) is 2.95. The van der Waals surface area contributed by atoms with Crippen molar-refractivity contribution < 1.29 is 14.3 Å². The Hall–Kier alpha value is -2.29. The van der Waals surface area contributed by atoms with Gasteiger partial charge in [-0.2, -0.15) is 5.26 Å². The van der Waals surface area contributed by atoms with Crippen molar-refractivity contribution in [1.82, 2.24) is 9.88 Å². The van der Waals surface area contributed by atoms with E-state index in [9.17, 15) is 4.79 Å². The normalized spacial score (nSPS) is 18.2. The van der Waals surface area contributed by atoms with Crippen LogP contribution in [-0.4, -0.2) is 40.8 Å². The molecule has 1 amide bonds. The second-order valence-electron chi connectivity index (χ2n) is 5.95. The molecule has 0 aromatic carbocycles. The van der Waals surface area contributed by atoms with Gasteiger partial charge >= 0.3 is 6.09 Å². The van der Waals surface area contributed by atoms with Crippen LogP contribution < -0.4 is 4.74 Å². The van der Waals surface area contributed by atoms with Gasteiger partial charge in [0.05, 0.1) is 12.1 Å².